The van der Waals surface area contributed by atoms with Gasteiger partial charge < -0.3 is 34.0 Å². The number of rotatable bonds is 8. The first-order valence-electron chi connectivity index (χ1n) is 14.4. The highest BCUT2D eigenvalue weighted by atomic mass is 16.7. The molecule has 0 aromatic carbocycles. The quantitative estimate of drug-likeness (QED) is 0.255. The molecule has 9 heteroatoms. The van der Waals surface area contributed by atoms with Crippen LogP contribution in [0.1, 0.15) is 88.0 Å². The van der Waals surface area contributed by atoms with Gasteiger partial charge in [-0.3, -0.25) is 4.79 Å². The highest BCUT2D eigenvalue weighted by molar-refractivity contribution is 5.87. The highest BCUT2D eigenvalue weighted by Gasteiger charge is 2.61. The Morgan fingerprint density at radius 1 is 1.10 bits per heavy atom. The molecular formula is C31H48O9. The van der Waals surface area contributed by atoms with Gasteiger partial charge in [0.15, 0.2) is 12.4 Å². The zero-order chi connectivity index (χ0) is 30.2. The van der Waals surface area contributed by atoms with Crippen molar-refractivity contribution in [1.29, 1.82) is 0 Å². The van der Waals surface area contributed by atoms with Crippen LogP contribution in [0.15, 0.2) is 23.3 Å². The van der Waals surface area contributed by atoms with E-state index in [2.05, 4.69) is 33.8 Å². The van der Waals surface area contributed by atoms with Gasteiger partial charge in [-0.15, -0.1) is 0 Å². The van der Waals surface area contributed by atoms with E-state index >= 15 is 0 Å². The summed E-state index contributed by atoms with van der Waals surface area (Å²) in [7, 11) is 0. The lowest BCUT2D eigenvalue weighted by molar-refractivity contribution is -0.326. The van der Waals surface area contributed by atoms with Crippen LogP contribution in [-0.2, 0) is 33.3 Å². The van der Waals surface area contributed by atoms with E-state index in [1.807, 2.05) is 0 Å². The molecule has 2 fully saturated rings. The summed E-state index contributed by atoms with van der Waals surface area (Å²) < 4.78 is 23.8. The average Bonchev–Trinajstić information content (AvgIpc) is 2.85. The van der Waals surface area contributed by atoms with Crippen LogP contribution >= 0.6 is 0 Å². The number of hydrogen-bond donors (Lipinski definition) is 2. The number of hydrogen-bond acceptors (Lipinski definition) is 9. The maximum absolute atomic E-state index is 13.1. The Labute approximate surface area is 238 Å². The molecule has 2 aliphatic carbocycles. The third-order valence-corrected chi connectivity index (χ3v) is 9.59. The molecule has 1 saturated heterocycles. The minimum atomic E-state index is -1.50. The van der Waals surface area contributed by atoms with E-state index < -0.39 is 60.3 Å². The van der Waals surface area contributed by atoms with Gasteiger partial charge in [-0.1, -0.05) is 38.5 Å². The van der Waals surface area contributed by atoms with Crippen molar-refractivity contribution in [1.82, 2.24) is 0 Å². The molecule has 2 N–H and O–H groups in total. The topological polar surface area (TPSA) is 129 Å². The third kappa shape index (κ3) is 6.37. The van der Waals surface area contributed by atoms with E-state index in [9.17, 15) is 24.6 Å². The minimum absolute atomic E-state index is 0.115. The van der Waals surface area contributed by atoms with Gasteiger partial charge in [0.2, 0.25) is 0 Å². The van der Waals surface area contributed by atoms with Gasteiger partial charge >= 0.3 is 11.9 Å². The number of carbonyl (C=O) groups excluding carboxylic acids is 3. The van der Waals surface area contributed by atoms with Crippen LogP contribution in [0.3, 0.4) is 0 Å². The normalized spacial score (nSPS) is 39.5. The van der Waals surface area contributed by atoms with Crippen molar-refractivity contribution in [2.24, 2.45) is 22.7 Å². The number of aliphatic hydroxyl groups excluding tert-OH is 2. The Morgan fingerprint density at radius 2 is 1.75 bits per heavy atom. The van der Waals surface area contributed by atoms with Crippen molar-refractivity contribution < 1.29 is 43.5 Å². The summed E-state index contributed by atoms with van der Waals surface area (Å²) in [4.78, 5) is 36.6. The van der Waals surface area contributed by atoms with Gasteiger partial charge in [0.1, 0.15) is 24.1 Å². The number of aliphatic hydroxyl groups is 2. The van der Waals surface area contributed by atoms with Crippen LogP contribution in [-0.4, -0.2) is 70.8 Å². The number of esters is 2. The molecule has 3 aliphatic rings. The second-order valence-electron chi connectivity index (χ2n) is 12.8. The minimum Gasteiger partial charge on any atom is -0.457 e. The summed E-state index contributed by atoms with van der Waals surface area (Å²) in [5, 5.41) is 21.8. The molecule has 0 aromatic heterocycles. The predicted molar refractivity (Wildman–Crippen MR) is 148 cm³/mol. The first-order chi connectivity index (χ1) is 18.5. The van der Waals surface area contributed by atoms with Gasteiger partial charge in [-0.25, -0.2) is 4.79 Å². The standard InChI is InChI=1S/C31H48O9/c1-10-16(2)28(36)40-27-22(39-29-25(35)24(34)26(19(5)37-29)38-20(6)33)15-31(9)21(13-12-18(4)32)17(3)11-14-23(31)30(27,7)8/h10-11,19,21-27,29,34-35H,12-15H2,1-9H3. The lowest BCUT2D eigenvalue weighted by Crippen LogP contribution is -2.64. The summed E-state index contributed by atoms with van der Waals surface area (Å²) in [6, 6.07) is 0. The number of carbonyl (C=O) groups is 3. The number of Topliss-reactive ketones (excluding diaryl/α,β-unsaturated/α-hetero) is 1. The lowest BCUT2D eigenvalue weighted by Gasteiger charge is -2.61. The van der Waals surface area contributed by atoms with Crippen molar-refractivity contribution in [3.63, 3.8) is 0 Å². The molecule has 0 bridgehead atoms. The molecule has 1 saturated carbocycles. The second-order valence-corrected chi connectivity index (χ2v) is 12.8. The zero-order valence-electron chi connectivity index (χ0n) is 25.4. The molecular weight excluding hydrogens is 516 g/mol. The van der Waals surface area contributed by atoms with Gasteiger partial charge in [-0.2, -0.15) is 0 Å². The van der Waals surface area contributed by atoms with Crippen molar-refractivity contribution in [3.05, 3.63) is 23.3 Å². The molecule has 0 amide bonds. The lowest BCUT2D eigenvalue weighted by atomic mass is 9.46. The first-order valence-corrected chi connectivity index (χ1v) is 14.4. The summed E-state index contributed by atoms with van der Waals surface area (Å²) in [6.07, 6.45) is -0.902. The van der Waals surface area contributed by atoms with Crippen molar-refractivity contribution in [2.75, 3.05) is 0 Å². The summed E-state index contributed by atoms with van der Waals surface area (Å²) in [5.74, 6) is -0.660. The van der Waals surface area contributed by atoms with Gasteiger partial charge in [0.05, 0.1) is 12.2 Å². The molecule has 0 radical (unpaired) electrons. The van der Waals surface area contributed by atoms with Gasteiger partial charge in [0, 0.05) is 24.3 Å². The van der Waals surface area contributed by atoms with Crippen LogP contribution in [0.25, 0.3) is 0 Å². The number of fused-ring (bicyclic) bond motifs is 1. The number of allylic oxidation sites excluding steroid dienone is 3. The number of ketones is 1. The second kappa shape index (κ2) is 12.4. The molecule has 40 heavy (non-hydrogen) atoms. The van der Waals surface area contributed by atoms with E-state index in [4.69, 9.17) is 18.9 Å². The fourth-order valence-corrected chi connectivity index (χ4v) is 7.36. The Balaban J connectivity index is 2.00. The third-order valence-electron chi connectivity index (χ3n) is 9.59. The molecule has 226 valence electrons. The smallest absolute Gasteiger partial charge is 0.333 e. The van der Waals surface area contributed by atoms with Crippen LogP contribution in [0.5, 0.6) is 0 Å². The van der Waals surface area contributed by atoms with E-state index in [0.29, 0.717) is 24.8 Å². The Hall–Kier alpha value is -2.07. The summed E-state index contributed by atoms with van der Waals surface area (Å²) in [5.41, 5.74) is 0.864. The fourth-order valence-electron chi connectivity index (χ4n) is 7.36. The Kier molecular flexibility index (Phi) is 10.1. The molecule has 0 spiro atoms. The highest BCUT2D eigenvalue weighted by Crippen LogP contribution is 2.62. The first kappa shape index (κ1) is 32.4. The monoisotopic (exact) mass is 564 g/mol. The zero-order valence-corrected chi connectivity index (χ0v) is 25.4. The Morgan fingerprint density at radius 3 is 2.33 bits per heavy atom. The molecule has 10 unspecified atom stereocenters. The van der Waals surface area contributed by atoms with E-state index in [0.717, 1.165) is 6.42 Å². The molecule has 3 rings (SSSR count). The SMILES string of the molecule is CC=C(C)C(=O)OC1C(OC2OC(C)C(OC(C)=O)C(O)C2O)CC2(C)C(CCC(C)=O)C(C)=CCC2C1(C)C. The maximum Gasteiger partial charge on any atom is 0.333 e. The average molecular weight is 565 g/mol. The van der Waals surface area contributed by atoms with Gasteiger partial charge in [0.25, 0.3) is 0 Å². The molecule has 1 aliphatic heterocycles. The molecule has 10 atom stereocenters. The van der Waals surface area contributed by atoms with E-state index in [1.165, 1.54) is 12.5 Å². The van der Waals surface area contributed by atoms with Gasteiger partial charge in [-0.05, 0) is 71.1 Å². The fraction of sp³-hybridized carbons (Fsp3) is 0.774. The summed E-state index contributed by atoms with van der Waals surface area (Å²) >= 11 is 0. The largest absolute Gasteiger partial charge is 0.457 e. The van der Waals surface area contributed by atoms with Crippen molar-refractivity contribution in [3.8, 4) is 0 Å². The Bertz CT molecular complexity index is 1030. The van der Waals surface area contributed by atoms with E-state index in [1.54, 1.807) is 33.8 Å². The van der Waals surface area contributed by atoms with Crippen LogP contribution in [0.4, 0.5) is 0 Å². The van der Waals surface area contributed by atoms with Crippen LogP contribution in [0.2, 0.25) is 0 Å². The number of ether oxygens (including phenoxy) is 4. The van der Waals surface area contributed by atoms with Crippen LogP contribution < -0.4 is 0 Å². The predicted octanol–water partition coefficient (Wildman–Crippen LogP) is 4.04. The molecule has 1 heterocycles. The maximum atomic E-state index is 13.1. The van der Waals surface area contributed by atoms with Crippen LogP contribution in [0, 0.1) is 22.7 Å². The molecule has 9 nitrogen and oxygen atoms in total. The summed E-state index contributed by atoms with van der Waals surface area (Å²) in [6.45, 7) is 16.4. The van der Waals surface area contributed by atoms with Crippen molar-refractivity contribution >= 4 is 17.7 Å². The van der Waals surface area contributed by atoms with E-state index in [-0.39, 0.29) is 23.0 Å². The van der Waals surface area contributed by atoms with Crippen molar-refractivity contribution in [2.45, 2.75) is 131 Å². The molecule has 0 aromatic rings.